The molecular weight excluding hydrogens is 501 g/mol. The number of guanidine groups is 1. The third kappa shape index (κ3) is 9.45. The van der Waals surface area contributed by atoms with E-state index in [1.54, 1.807) is 0 Å². The molecule has 7 heteroatoms. The molecule has 1 saturated heterocycles. The Morgan fingerprint density at radius 1 is 0.935 bits per heavy atom. The first kappa shape index (κ1) is 25.4. The van der Waals surface area contributed by atoms with Gasteiger partial charge in [0.05, 0.1) is 19.8 Å². The number of hydrogen-bond donors (Lipinski definition) is 3. The second kappa shape index (κ2) is 15.0. The van der Waals surface area contributed by atoms with Crippen molar-refractivity contribution in [3.05, 3.63) is 65.7 Å². The molecule has 31 heavy (non-hydrogen) atoms. The average molecular weight is 537 g/mol. The zero-order valence-corrected chi connectivity index (χ0v) is 20.8. The van der Waals surface area contributed by atoms with E-state index in [0.717, 1.165) is 70.6 Å². The Kier molecular flexibility index (Phi) is 12.3. The Hall–Kier alpha value is -1.84. The van der Waals surface area contributed by atoms with Crippen molar-refractivity contribution in [3.8, 4) is 0 Å². The van der Waals surface area contributed by atoms with Gasteiger partial charge in [-0.3, -0.25) is 4.90 Å². The van der Waals surface area contributed by atoms with Crippen molar-refractivity contribution in [3.63, 3.8) is 0 Å². The van der Waals surface area contributed by atoms with E-state index in [0.29, 0.717) is 6.54 Å². The molecule has 0 aliphatic carbocycles. The van der Waals surface area contributed by atoms with Gasteiger partial charge in [-0.05, 0) is 36.6 Å². The van der Waals surface area contributed by atoms with Crippen molar-refractivity contribution >= 4 is 35.6 Å². The van der Waals surface area contributed by atoms with Crippen LogP contribution < -0.4 is 16.0 Å². The second-order valence-electron chi connectivity index (χ2n) is 7.43. The molecule has 2 aromatic carbocycles. The molecule has 1 aliphatic rings. The summed E-state index contributed by atoms with van der Waals surface area (Å²) in [7, 11) is 0. The van der Waals surface area contributed by atoms with Crippen LogP contribution >= 0.6 is 24.0 Å². The van der Waals surface area contributed by atoms with E-state index in [4.69, 9.17) is 9.73 Å². The maximum Gasteiger partial charge on any atom is 0.191 e. The average Bonchev–Trinajstić information content (AvgIpc) is 2.79. The molecule has 0 spiro atoms. The molecule has 3 N–H and O–H groups in total. The molecule has 170 valence electrons. The van der Waals surface area contributed by atoms with Crippen LogP contribution in [0.3, 0.4) is 0 Å². The van der Waals surface area contributed by atoms with E-state index in [-0.39, 0.29) is 24.0 Å². The van der Waals surface area contributed by atoms with Crippen LogP contribution in [0, 0.1) is 0 Å². The minimum Gasteiger partial charge on any atom is -0.385 e. The van der Waals surface area contributed by atoms with Gasteiger partial charge in [0.1, 0.15) is 0 Å². The van der Waals surface area contributed by atoms with Crippen LogP contribution in [-0.2, 0) is 17.8 Å². The lowest BCUT2D eigenvalue weighted by molar-refractivity contribution is 0.0341. The van der Waals surface area contributed by atoms with Crippen LogP contribution in [0.15, 0.2) is 59.6 Å². The van der Waals surface area contributed by atoms with Gasteiger partial charge < -0.3 is 20.7 Å². The van der Waals surface area contributed by atoms with E-state index >= 15 is 0 Å². The molecule has 2 aromatic rings. The number of benzene rings is 2. The smallest absolute Gasteiger partial charge is 0.191 e. The third-order valence-corrected chi connectivity index (χ3v) is 5.12. The Bertz CT molecular complexity index is 766. The summed E-state index contributed by atoms with van der Waals surface area (Å²) in [5.41, 5.74) is 3.80. The molecule has 0 radical (unpaired) electrons. The highest BCUT2D eigenvalue weighted by Crippen LogP contribution is 2.14. The van der Waals surface area contributed by atoms with Gasteiger partial charge in [-0.25, -0.2) is 4.99 Å². The van der Waals surface area contributed by atoms with Crippen molar-refractivity contribution in [1.29, 1.82) is 0 Å². The number of nitrogens with zero attached hydrogens (tertiary/aromatic N) is 2. The summed E-state index contributed by atoms with van der Waals surface area (Å²) in [6, 6.07) is 18.9. The number of para-hydroxylation sites is 1. The van der Waals surface area contributed by atoms with Crippen LogP contribution in [0.25, 0.3) is 0 Å². The Balaban J connectivity index is 0.00000341. The minimum atomic E-state index is 0. The number of rotatable bonds is 10. The summed E-state index contributed by atoms with van der Waals surface area (Å²) in [4.78, 5) is 7.28. The van der Waals surface area contributed by atoms with Gasteiger partial charge >= 0.3 is 0 Å². The Morgan fingerprint density at radius 3 is 2.39 bits per heavy atom. The first-order valence-corrected chi connectivity index (χ1v) is 11.0. The maximum absolute atomic E-state index is 5.47. The number of anilines is 1. The van der Waals surface area contributed by atoms with Crippen LogP contribution in [0.4, 0.5) is 5.69 Å². The summed E-state index contributed by atoms with van der Waals surface area (Å²) in [5.74, 6) is 0.874. The van der Waals surface area contributed by atoms with Crippen molar-refractivity contribution in [2.45, 2.75) is 26.4 Å². The molecule has 0 atom stereocenters. The van der Waals surface area contributed by atoms with E-state index in [1.165, 1.54) is 11.1 Å². The number of aliphatic imine (C=N–C) groups is 1. The molecule has 0 aromatic heterocycles. The van der Waals surface area contributed by atoms with E-state index in [2.05, 4.69) is 64.2 Å². The highest BCUT2D eigenvalue weighted by Gasteiger charge is 2.12. The molecule has 0 amide bonds. The molecule has 1 fully saturated rings. The standard InChI is InChI=1S/C24H35N5O.HI/c1-2-25-24(27-14-8-13-26-23-11-4-3-5-12-23)28-19-21-9-6-7-10-22(21)20-29-15-17-30-18-16-29;/h3-7,9-12,26H,2,8,13-20H2,1H3,(H2,25,27,28);1H. The molecule has 0 saturated carbocycles. The van der Waals surface area contributed by atoms with Gasteiger partial charge in [-0.2, -0.15) is 0 Å². The van der Waals surface area contributed by atoms with Crippen LogP contribution in [0.2, 0.25) is 0 Å². The lowest BCUT2D eigenvalue weighted by Crippen LogP contribution is -2.38. The molecule has 3 rings (SSSR count). The quantitative estimate of drug-likeness (QED) is 0.187. The summed E-state index contributed by atoms with van der Waals surface area (Å²) in [6.45, 7) is 10.0. The molecule has 1 heterocycles. The lowest BCUT2D eigenvalue weighted by Gasteiger charge is -2.27. The predicted octanol–water partition coefficient (Wildman–Crippen LogP) is 3.69. The fourth-order valence-electron chi connectivity index (χ4n) is 3.46. The molecule has 0 bridgehead atoms. The minimum absolute atomic E-state index is 0. The Morgan fingerprint density at radius 2 is 1.65 bits per heavy atom. The zero-order chi connectivity index (χ0) is 20.9. The molecular formula is C24H36IN5O. The summed E-state index contributed by atoms with van der Waals surface area (Å²) >= 11 is 0. The van der Waals surface area contributed by atoms with Crippen molar-refractivity contribution in [1.82, 2.24) is 15.5 Å². The van der Waals surface area contributed by atoms with Crippen LogP contribution in [0.1, 0.15) is 24.5 Å². The molecule has 6 nitrogen and oxygen atoms in total. The van der Waals surface area contributed by atoms with Gasteiger partial charge in [-0.15, -0.1) is 24.0 Å². The SMILES string of the molecule is CCNC(=NCc1ccccc1CN1CCOCC1)NCCCNc1ccccc1.I. The maximum atomic E-state index is 5.47. The summed E-state index contributed by atoms with van der Waals surface area (Å²) in [6.07, 6.45) is 1.02. The second-order valence-corrected chi connectivity index (χ2v) is 7.43. The number of ether oxygens (including phenoxy) is 1. The fraction of sp³-hybridized carbons (Fsp3) is 0.458. The number of halogens is 1. The highest BCUT2D eigenvalue weighted by molar-refractivity contribution is 14.0. The Labute approximate surface area is 203 Å². The van der Waals surface area contributed by atoms with Crippen LogP contribution in [-0.4, -0.2) is 56.8 Å². The number of morpholine rings is 1. The first-order chi connectivity index (χ1) is 14.8. The van der Waals surface area contributed by atoms with Gasteiger partial charge in [0.15, 0.2) is 5.96 Å². The summed E-state index contributed by atoms with van der Waals surface area (Å²) < 4.78 is 5.47. The van der Waals surface area contributed by atoms with Gasteiger partial charge in [0.2, 0.25) is 0 Å². The van der Waals surface area contributed by atoms with Crippen LogP contribution in [0.5, 0.6) is 0 Å². The third-order valence-electron chi connectivity index (χ3n) is 5.12. The molecule has 1 aliphatic heterocycles. The predicted molar refractivity (Wildman–Crippen MR) is 140 cm³/mol. The largest absolute Gasteiger partial charge is 0.385 e. The first-order valence-electron chi connectivity index (χ1n) is 11.0. The normalized spacial score (nSPS) is 14.5. The van der Waals surface area contributed by atoms with Gasteiger partial charge in [-0.1, -0.05) is 42.5 Å². The zero-order valence-electron chi connectivity index (χ0n) is 18.5. The van der Waals surface area contributed by atoms with Crippen molar-refractivity contribution in [2.75, 3.05) is 51.3 Å². The van der Waals surface area contributed by atoms with E-state index < -0.39 is 0 Å². The van der Waals surface area contributed by atoms with Gasteiger partial charge in [0.25, 0.3) is 0 Å². The topological polar surface area (TPSA) is 60.9 Å². The number of nitrogens with one attached hydrogen (secondary N) is 3. The highest BCUT2D eigenvalue weighted by atomic mass is 127. The molecule has 0 unspecified atom stereocenters. The van der Waals surface area contributed by atoms with Crippen molar-refractivity contribution in [2.24, 2.45) is 4.99 Å². The number of hydrogen-bond acceptors (Lipinski definition) is 4. The van der Waals surface area contributed by atoms with Gasteiger partial charge in [0, 0.05) is 45.0 Å². The van der Waals surface area contributed by atoms with E-state index in [9.17, 15) is 0 Å². The monoisotopic (exact) mass is 537 g/mol. The van der Waals surface area contributed by atoms with E-state index in [1.807, 2.05) is 18.2 Å². The lowest BCUT2D eigenvalue weighted by atomic mass is 10.1. The van der Waals surface area contributed by atoms with Crippen molar-refractivity contribution < 1.29 is 4.74 Å². The summed E-state index contributed by atoms with van der Waals surface area (Å²) in [5, 5.41) is 10.2. The fourth-order valence-corrected chi connectivity index (χ4v) is 3.46.